The van der Waals surface area contributed by atoms with Crippen LogP contribution in [0.25, 0.3) is 0 Å². The Morgan fingerprint density at radius 3 is 2.53 bits per heavy atom. The lowest BCUT2D eigenvalue weighted by molar-refractivity contribution is -0.132. The van der Waals surface area contributed by atoms with Gasteiger partial charge in [0, 0.05) is 28.9 Å². The Labute approximate surface area is 110 Å². The molecule has 0 heterocycles. The van der Waals surface area contributed by atoms with E-state index < -0.39 is 16.2 Å². The molecule has 1 fully saturated rings. The molecule has 1 amide bonds. The molecule has 0 aromatic rings. The van der Waals surface area contributed by atoms with Gasteiger partial charge in [-0.25, -0.2) is 0 Å². The molecular weight excluding hydrogens is 256 g/mol. The van der Waals surface area contributed by atoms with Crippen molar-refractivity contribution in [2.24, 2.45) is 17.1 Å². The molecule has 4 nitrogen and oxygen atoms in total. The summed E-state index contributed by atoms with van der Waals surface area (Å²) in [6.07, 6.45) is 3.07. The van der Waals surface area contributed by atoms with Crippen LogP contribution in [0.4, 0.5) is 0 Å². The first-order valence-corrected chi connectivity index (χ1v) is 7.73. The Hall–Kier alpha value is -0.490. The lowest BCUT2D eigenvalue weighted by Crippen LogP contribution is -2.56. The second-order valence-electron chi connectivity index (χ2n) is 4.98. The first-order valence-electron chi connectivity index (χ1n) is 5.70. The van der Waals surface area contributed by atoms with Gasteiger partial charge in [0.2, 0.25) is 5.91 Å². The molecule has 98 valence electrons. The van der Waals surface area contributed by atoms with Crippen molar-refractivity contribution in [1.29, 1.82) is 0 Å². The second-order valence-corrected chi connectivity index (χ2v) is 7.22. The number of nitrogens with one attached hydrogen (secondary N) is 1. The van der Waals surface area contributed by atoms with E-state index in [0.717, 1.165) is 12.8 Å². The zero-order valence-electron chi connectivity index (χ0n) is 10.5. The van der Waals surface area contributed by atoms with Gasteiger partial charge in [0.1, 0.15) is 0 Å². The Morgan fingerprint density at radius 1 is 1.65 bits per heavy atom. The van der Waals surface area contributed by atoms with Gasteiger partial charge in [-0.15, -0.1) is 0 Å². The molecule has 1 aliphatic rings. The molecule has 0 spiro atoms. The molecule has 3 N–H and O–H groups in total. The van der Waals surface area contributed by atoms with Crippen molar-refractivity contribution >= 4 is 33.9 Å². The fourth-order valence-corrected chi connectivity index (χ4v) is 2.73. The highest BCUT2D eigenvalue weighted by Crippen LogP contribution is 2.45. The van der Waals surface area contributed by atoms with Crippen LogP contribution in [0, 0.1) is 11.3 Å². The van der Waals surface area contributed by atoms with E-state index in [1.54, 1.807) is 6.26 Å². The summed E-state index contributed by atoms with van der Waals surface area (Å²) < 4.78 is 11.2. The molecule has 0 saturated heterocycles. The minimum Gasteiger partial charge on any atom is -0.392 e. The zero-order valence-corrected chi connectivity index (χ0v) is 12.1. The number of carbonyl (C=O) groups excluding carboxylic acids is 1. The summed E-state index contributed by atoms with van der Waals surface area (Å²) in [6.45, 7) is 4.32. The summed E-state index contributed by atoms with van der Waals surface area (Å²) in [4.78, 5) is 12.4. The van der Waals surface area contributed by atoms with Gasteiger partial charge >= 0.3 is 0 Å². The number of carbonyl (C=O) groups is 1. The number of nitrogens with two attached hydrogens (primary N) is 1. The molecule has 0 radical (unpaired) electrons. The van der Waals surface area contributed by atoms with E-state index in [9.17, 15) is 9.00 Å². The summed E-state index contributed by atoms with van der Waals surface area (Å²) in [7, 11) is -0.934. The van der Waals surface area contributed by atoms with Gasteiger partial charge in [0.25, 0.3) is 0 Å². The van der Waals surface area contributed by atoms with Crippen molar-refractivity contribution in [2.45, 2.75) is 31.9 Å². The first kappa shape index (κ1) is 14.6. The van der Waals surface area contributed by atoms with Crippen LogP contribution in [0.15, 0.2) is 0 Å². The smallest absolute Gasteiger partial charge is 0.233 e. The maximum absolute atomic E-state index is 12.1. The highest BCUT2D eigenvalue weighted by atomic mass is 32.2. The summed E-state index contributed by atoms with van der Waals surface area (Å²) in [5.41, 5.74) is 5.01. The van der Waals surface area contributed by atoms with Crippen LogP contribution in [0.1, 0.15) is 26.7 Å². The molecule has 6 heteroatoms. The number of rotatable bonds is 5. The molecule has 0 aromatic carbocycles. The lowest BCUT2D eigenvalue weighted by Gasteiger charge is -2.44. The summed E-state index contributed by atoms with van der Waals surface area (Å²) in [5.74, 6) is 0.375. The van der Waals surface area contributed by atoms with Crippen LogP contribution in [-0.4, -0.2) is 33.2 Å². The standard InChI is InChI=1S/C11H20N2O2S2/c1-7-4-11(5-7,9(12)16)10(14)13-6-8(2)17(3)15/h7-8H,4-6H2,1-3H3,(H2,12,16)(H,13,14). The van der Waals surface area contributed by atoms with Crippen molar-refractivity contribution in [1.82, 2.24) is 5.32 Å². The van der Waals surface area contributed by atoms with Crippen molar-refractivity contribution < 1.29 is 9.00 Å². The van der Waals surface area contributed by atoms with E-state index in [1.165, 1.54) is 0 Å². The molecule has 1 aliphatic carbocycles. The van der Waals surface area contributed by atoms with Crippen LogP contribution >= 0.6 is 12.2 Å². The summed E-state index contributed by atoms with van der Waals surface area (Å²) in [6, 6.07) is 0. The summed E-state index contributed by atoms with van der Waals surface area (Å²) >= 11 is 5.00. The fourth-order valence-electron chi connectivity index (χ4n) is 2.15. The van der Waals surface area contributed by atoms with Gasteiger partial charge in [-0.2, -0.15) is 0 Å². The molecule has 1 rings (SSSR count). The normalized spacial score (nSPS) is 31.1. The lowest BCUT2D eigenvalue weighted by atomic mass is 9.62. The highest BCUT2D eigenvalue weighted by Gasteiger charge is 2.50. The van der Waals surface area contributed by atoms with Crippen molar-refractivity contribution in [3.05, 3.63) is 0 Å². The average Bonchev–Trinajstić information content (AvgIpc) is 2.19. The number of hydrogen-bond donors (Lipinski definition) is 2. The van der Waals surface area contributed by atoms with Crippen molar-refractivity contribution in [3.63, 3.8) is 0 Å². The summed E-state index contributed by atoms with van der Waals surface area (Å²) in [5, 5.41) is 2.75. The van der Waals surface area contributed by atoms with E-state index >= 15 is 0 Å². The topological polar surface area (TPSA) is 72.2 Å². The van der Waals surface area contributed by atoms with Crippen molar-refractivity contribution in [2.75, 3.05) is 12.8 Å². The Balaban J connectivity index is 2.57. The van der Waals surface area contributed by atoms with Crippen LogP contribution in [0.3, 0.4) is 0 Å². The van der Waals surface area contributed by atoms with E-state index in [-0.39, 0.29) is 16.1 Å². The molecular formula is C11H20N2O2S2. The Kier molecular flexibility index (Phi) is 4.66. The molecule has 17 heavy (non-hydrogen) atoms. The number of amides is 1. The van der Waals surface area contributed by atoms with Crippen LogP contribution < -0.4 is 11.1 Å². The van der Waals surface area contributed by atoms with Gasteiger partial charge in [-0.05, 0) is 25.7 Å². The third-order valence-corrected chi connectivity index (χ3v) is 5.11. The van der Waals surface area contributed by atoms with Crippen LogP contribution in [-0.2, 0) is 15.6 Å². The number of thiocarbonyl (C=S) groups is 1. The second kappa shape index (κ2) is 5.44. The van der Waals surface area contributed by atoms with Crippen LogP contribution in [0.5, 0.6) is 0 Å². The average molecular weight is 276 g/mol. The maximum Gasteiger partial charge on any atom is 0.233 e. The van der Waals surface area contributed by atoms with Gasteiger partial charge in [0.15, 0.2) is 0 Å². The highest BCUT2D eigenvalue weighted by molar-refractivity contribution is 7.84. The predicted octanol–water partition coefficient (Wildman–Crippen LogP) is 0.572. The van der Waals surface area contributed by atoms with E-state index in [0.29, 0.717) is 12.5 Å². The monoisotopic (exact) mass is 276 g/mol. The molecule has 2 unspecified atom stereocenters. The Bertz CT molecular complexity index is 351. The predicted molar refractivity (Wildman–Crippen MR) is 74.2 cm³/mol. The molecule has 1 saturated carbocycles. The molecule has 0 bridgehead atoms. The molecule has 2 atom stereocenters. The fraction of sp³-hybridized carbons (Fsp3) is 0.818. The molecule has 0 aliphatic heterocycles. The van der Waals surface area contributed by atoms with Gasteiger partial charge in [0.05, 0.1) is 10.4 Å². The Morgan fingerprint density at radius 2 is 2.18 bits per heavy atom. The minimum atomic E-state index is -0.934. The minimum absolute atomic E-state index is 0.0557. The van der Waals surface area contributed by atoms with E-state index in [1.807, 2.05) is 6.92 Å². The van der Waals surface area contributed by atoms with Gasteiger partial charge in [-0.3, -0.25) is 9.00 Å². The van der Waals surface area contributed by atoms with Crippen molar-refractivity contribution in [3.8, 4) is 0 Å². The number of hydrogen-bond acceptors (Lipinski definition) is 3. The largest absolute Gasteiger partial charge is 0.392 e. The first-order chi connectivity index (χ1) is 7.79. The SMILES string of the molecule is CC1CC(C(=O)NCC(C)S(C)=O)(C(N)=S)C1. The van der Waals surface area contributed by atoms with Gasteiger partial charge < -0.3 is 11.1 Å². The van der Waals surface area contributed by atoms with E-state index in [2.05, 4.69) is 12.2 Å². The quantitative estimate of drug-likeness (QED) is 0.720. The third-order valence-electron chi connectivity index (χ3n) is 3.42. The van der Waals surface area contributed by atoms with Crippen LogP contribution in [0.2, 0.25) is 0 Å². The third kappa shape index (κ3) is 3.04. The van der Waals surface area contributed by atoms with Gasteiger partial charge in [-0.1, -0.05) is 19.1 Å². The zero-order chi connectivity index (χ0) is 13.2. The molecule has 0 aromatic heterocycles. The van der Waals surface area contributed by atoms with E-state index in [4.69, 9.17) is 18.0 Å². The maximum atomic E-state index is 12.1.